The van der Waals surface area contributed by atoms with Gasteiger partial charge in [-0.3, -0.25) is 4.79 Å². The lowest BCUT2D eigenvalue weighted by atomic mass is 10.0. The van der Waals surface area contributed by atoms with E-state index in [-0.39, 0.29) is 11.0 Å². The third-order valence-electron chi connectivity index (χ3n) is 2.96. The SMILES string of the molecule is COc1cc(Cl)c(C)c2c(=O)c(C#N)c(C)[nH]c12. The second kappa shape index (κ2) is 4.35. The van der Waals surface area contributed by atoms with Crippen molar-refractivity contribution in [3.63, 3.8) is 0 Å². The largest absolute Gasteiger partial charge is 0.494 e. The Morgan fingerprint density at radius 3 is 2.67 bits per heavy atom. The Morgan fingerprint density at radius 2 is 2.11 bits per heavy atom. The van der Waals surface area contributed by atoms with Crippen LogP contribution in [0.5, 0.6) is 5.75 Å². The molecule has 0 amide bonds. The highest BCUT2D eigenvalue weighted by Gasteiger charge is 2.16. The number of pyridine rings is 1. The molecule has 1 heterocycles. The molecule has 0 bridgehead atoms. The number of aryl methyl sites for hydroxylation is 2. The number of halogens is 1. The molecule has 0 radical (unpaired) electrons. The average Bonchev–Trinajstić information content (AvgIpc) is 2.33. The number of ether oxygens (including phenoxy) is 1. The Hall–Kier alpha value is -1.99. The summed E-state index contributed by atoms with van der Waals surface area (Å²) in [6, 6.07) is 3.57. The maximum absolute atomic E-state index is 12.3. The summed E-state index contributed by atoms with van der Waals surface area (Å²) in [5, 5.41) is 9.86. The Labute approximate surface area is 109 Å². The maximum atomic E-state index is 12.3. The number of aromatic amines is 1. The first-order chi connectivity index (χ1) is 8.51. The van der Waals surface area contributed by atoms with E-state index in [1.807, 2.05) is 6.07 Å². The lowest BCUT2D eigenvalue weighted by Crippen LogP contribution is -2.12. The van der Waals surface area contributed by atoms with Crippen LogP contribution in [-0.4, -0.2) is 12.1 Å². The van der Waals surface area contributed by atoms with E-state index in [1.54, 1.807) is 19.9 Å². The summed E-state index contributed by atoms with van der Waals surface area (Å²) in [4.78, 5) is 15.3. The van der Waals surface area contributed by atoms with E-state index in [1.165, 1.54) is 7.11 Å². The Morgan fingerprint density at radius 1 is 1.44 bits per heavy atom. The molecule has 0 fully saturated rings. The van der Waals surface area contributed by atoms with Gasteiger partial charge in [0, 0.05) is 16.8 Å². The van der Waals surface area contributed by atoms with Crippen LogP contribution >= 0.6 is 11.6 Å². The van der Waals surface area contributed by atoms with Crippen molar-refractivity contribution in [3.05, 3.63) is 38.1 Å². The number of rotatable bonds is 1. The van der Waals surface area contributed by atoms with Crippen molar-refractivity contribution in [2.24, 2.45) is 0 Å². The highest BCUT2D eigenvalue weighted by atomic mass is 35.5. The van der Waals surface area contributed by atoms with E-state index in [9.17, 15) is 4.79 Å². The Kier molecular flexibility index (Phi) is 3.02. The summed E-state index contributed by atoms with van der Waals surface area (Å²) in [6.45, 7) is 3.43. The van der Waals surface area contributed by atoms with E-state index in [2.05, 4.69) is 4.98 Å². The van der Waals surface area contributed by atoms with Crippen molar-refractivity contribution in [2.75, 3.05) is 7.11 Å². The van der Waals surface area contributed by atoms with Crippen LogP contribution in [0.2, 0.25) is 5.02 Å². The fraction of sp³-hybridized carbons (Fsp3) is 0.231. The minimum absolute atomic E-state index is 0.106. The molecule has 0 unspecified atom stereocenters. The van der Waals surface area contributed by atoms with Gasteiger partial charge in [-0.1, -0.05) is 11.6 Å². The number of nitrogens with one attached hydrogen (secondary N) is 1. The predicted octanol–water partition coefficient (Wildman–Crippen LogP) is 2.68. The lowest BCUT2D eigenvalue weighted by molar-refractivity contribution is 0.419. The third kappa shape index (κ3) is 1.64. The molecule has 0 aliphatic heterocycles. The van der Waals surface area contributed by atoms with Crippen molar-refractivity contribution in [1.29, 1.82) is 5.26 Å². The normalized spacial score (nSPS) is 10.4. The molecule has 5 heteroatoms. The summed E-state index contributed by atoms with van der Waals surface area (Å²) in [6.07, 6.45) is 0. The summed E-state index contributed by atoms with van der Waals surface area (Å²) < 4.78 is 5.21. The highest BCUT2D eigenvalue weighted by molar-refractivity contribution is 6.32. The molecule has 0 spiro atoms. The number of hydrogen-bond donors (Lipinski definition) is 1. The van der Waals surface area contributed by atoms with Crippen molar-refractivity contribution < 1.29 is 4.74 Å². The van der Waals surface area contributed by atoms with Crippen molar-refractivity contribution >= 4 is 22.5 Å². The van der Waals surface area contributed by atoms with E-state index in [4.69, 9.17) is 21.6 Å². The fourth-order valence-corrected chi connectivity index (χ4v) is 2.17. The van der Waals surface area contributed by atoms with Crippen molar-refractivity contribution in [1.82, 2.24) is 4.98 Å². The molecule has 4 nitrogen and oxygen atoms in total. The molecule has 1 aromatic carbocycles. The summed E-state index contributed by atoms with van der Waals surface area (Å²) in [5.74, 6) is 0.491. The number of fused-ring (bicyclic) bond motifs is 1. The molecule has 2 aromatic rings. The number of H-pyrrole nitrogens is 1. The molecule has 18 heavy (non-hydrogen) atoms. The van der Waals surface area contributed by atoms with Crippen LogP contribution in [0, 0.1) is 25.2 Å². The van der Waals surface area contributed by atoms with Gasteiger partial charge in [0.2, 0.25) is 5.43 Å². The smallest absolute Gasteiger partial charge is 0.207 e. The van der Waals surface area contributed by atoms with Crippen molar-refractivity contribution in [2.45, 2.75) is 13.8 Å². The first-order valence-electron chi connectivity index (χ1n) is 5.31. The fourth-order valence-electron chi connectivity index (χ4n) is 1.97. The van der Waals surface area contributed by atoms with Gasteiger partial charge in [-0.15, -0.1) is 0 Å². The highest BCUT2D eigenvalue weighted by Crippen LogP contribution is 2.31. The predicted molar refractivity (Wildman–Crippen MR) is 70.3 cm³/mol. The number of nitriles is 1. The average molecular weight is 263 g/mol. The minimum atomic E-state index is -0.318. The molecule has 0 saturated heterocycles. The standard InChI is InChI=1S/C13H11ClN2O2/c1-6-9(14)4-10(18-3)12-11(6)13(17)8(5-15)7(2)16-12/h4H,1-3H3,(H,16,17). The van der Waals surface area contributed by atoms with Gasteiger partial charge in [0.05, 0.1) is 18.0 Å². The van der Waals surface area contributed by atoms with Gasteiger partial charge in [-0.2, -0.15) is 5.26 Å². The number of nitrogens with zero attached hydrogens (tertiary/aromatic N) is 1. The Bertz CT molecular complexity index is 741. The Balaban J connectivity index is 3.12. The topological polar surface area (TPSA) is 65.9 Å². The third-order valence-corrected chi connectivity index (χ3v) is 3.35. The van der Waals surface area contributed by atoms with Gasteiger partial charge in [-0.05, 0) is 19.4 Å². The number of aromatic nitrogens is 1. The molecular weight excluding hydrogens is 252 g/mol. The second-order valence-electron chi connectivity index (χ2n) is 4.00. The van der Waals surface area contributed by atoms with Crippen LogP contribution in [0.15, 0.2) is 10.9 Å². The van der Waals surface area contributed by atoms with Gasteiger partial charge in [0.15, 0.2) is 0 Å². The first-order valence-corrected chi connectivity index (χ1v) is 5.68. The van der Waals surface area contributed by atoms with Crippen LogP contribution in [0.3, 0.4) is 0 Å². The summed E-state index contributed by atoms with van der Waals surface area (Å²) in [7, 11) is 1.51. The number of methoxy groups -OCH3 is 1. The zero-order valence-electron chi connectivity index (χ0n) is 10.2. The molecule has 1 N–H and O–H groups in total. The molecule has 0 saturated carbocycles. The van der Waals surface area contributed by atoms with Gasteiger partial charge >= 0.3 is 0 Å². The monoisotopic (exact) mass is 262 g/mol. The zero-order valence-corrected chi connectivity index (χ0v) is 11.0. The van der Waals surface area contributed by atoms with E-state index in [0.29, 0.717) is 32.9 Å². The first kappa shape index (κ1) is 12.5. The number of benzene rings is 1. The van der Waals surface area contributed by atoms with Gasteiger partial charge < -0.3 is 9.72 Å². The van der Waals surface area contributed by atoms with E-state index < -0.39 is 0 Å². The molecule has 0 aliphatic rings. The summed E-state index contributed by atoms with van der Waals surface area (Å²) >= 11 is 6.06. The van der Waals surface area contributed by atoms with Gasteiger partial charge in [0.25, 0.3) is 0 Å². The number of hydrogen-bond acceptors (Lipinski definition) is 3. The van der Waals surface area contributed by atoms with E-state index >= 15 is 0 Å². The van der Waals surface area contributed by atoms with Crippen LogP contribution < -0.4 is 10.2 Å². The maximum Gasteiger partial charge on any atom is 0.207 e. The van der Waals surface area contributed by atoms with E-state index in [0.717, 1.165) is 0 Å². The minimum Gasteiger partial charge on any atom is -0.494 e. The molecule has 92 valence electrons. The molecule has 1 aromatic heterocycles. The van der Waals surface area contributed by atoms with Gasteiger partial charge in [0.1, 0.15) is 17.4 Å². The van der Waals surface area contributed by atoms with Crippen molar-refractivity contribution in [3.8, 4) is 11.8 Å². The van der Waals surface area contributed by atoms with Gasteiger partial charge in [-0.25, -0.2) is 0 Å². The van der Waals surface area contributed by atoms with Crippen LogP contribution in [0.4, 0.5) is 0 Å². The lowest BCUT2D eigenvalue weighted by Gasteiger charge is -2.11. The molecule has 0 atom stereocenters. The van der Waals surface area contributed by atoms with Crippen LogP contribution in [-0.2, 0) is 0 Å². The second-order valence-corrected chi connectivity index (χ2v) is 4.41. The summed E-state index contributed by atoms with van der Waals surface area (Å²) in [5.41, 5.74) is 1.53. The van der Waals surface area contributed by atoms with Crippen LogP contribution in [0.1, 0.15) is 16.8 Å². The molecule has 0 aliphatic carbocycles. The zero-order chi connectivity index (χ0) is 13.4. The quantitative estimate of drug-likeness (QED) is 0.859. The van der Waals surface area contributed by atoms with Crippen LogP contribution in [0.25, 0.3) is 10.9 Å². The molecule has 2 rings (SSSR count). The molecular formula is C13H11ClN2O2.